The standard InChI is InChI=1S/C20H27N3O3S/c1-24-17-7-6-16(19(9-17)25-2)13-23(14-18-5-4-8-26-18)12-15-10-21-20(27-3)22-11-15/h6-7,9-11,18H,4-5,8,12-14H2,1-3H3/t18-/m0/s1. The predicted molar refractivity (Wildman–Crippen MR) is 106 cm³/mol. The van der Waals surface area contributed by atoms with Crippen LogP contribution < -0.4 is 9.47 Å². The molecule has 0 unspecified atom stereocenters. The monoisotopic (exact) mass is 389 g/mol. The van der Waals surface area contributed by atoms with Crippen LogP contribution in [0.2, 0.25) is 0 Å². The molecule has 0 N–H and O–H groups in total. The van der Waals surface area contributed by atoms with Gasteiger partial charge in [0.25, 0.3) is 0 Å². The molecule has 1 atom stereocenters. The molecule has 0 aliphatic carbocycles. The molecule has 2 aromatic rings. The van der Waals surface area contributed by atoms with E-state index in [-0.39, 0.29) is 6.10 Å². The van der Waals surface area contributed by atoms with Crippen LogP contribution in [0.15, 0.2) is 35.7 Å². The van der Waals surface area contributed by atoms with Crippen molar-refractivity contribution in [2.45, 2.75) is 37.2 Å². The van der Waals surface area contributed by atoms with Gasteiger partial charge in [-0.3, -0.25) is 4.90 Å². The molecule has 2 heterocycles. The first-order valence-corrected chi connectivity index (χ1v) is 10.3. The molecule has 1 aromatic carbocycles. The molecule has 6 nitrogen and oxygen atoms in total. The third-order valence-corrected chi connectivity index (χ3v) is 5.22. The molecule has 27 heavy (non-hydrogen) atoms. The molecule has 1 aliphatic heterocycles. The van der Waals surface area contributed by atoms with E-state index < -0.39 is 0 Å². The number of hydrogen-bond acceptors (Lipinski definition) is 7. The Bertz CT molecular complexity index is 721. The van der Waals surface area contributed by atoms with Crippen LogP contribution in [-0.2, 0) is 17.8 Å². The van der Waals surface area contributed by atoms with Gasteiger partial charge in [-0.05, 0) is 25.2 Å². The van der Waals surface area contributed by atoms with Crippen LogP contribution in [0.3, 0.4) is 0 Å². The fourth-order valence-corrected chi connectivity index (χ4v) is 3.59. The van der Waals surface area contributed by atoms with Crippen LogP contribution in [-0.4, -0.2) is 54.6 Å². The highest BCUT2D eigenvalue weighted by atomic mass is 32.2. The molecule has 0 radical (unpaired) electrons. The van der Waals surface area contributed by atoms with Crippen LogP contribution in [0.5, 0.6) is 11.5 Å². The van der Waals surface area contributed by atoms with E-state index in [0.717, 1.165) is 66.9 Å². The summed E-state index contributed by atoms with van der Waals surface area (Å²) < 4.78 is 16.7. The average molecular weight is 390 g/mol. The first-order valence-electron chi connectivity index (χ1n) is 9.11. The van der Waals surface area contributed by atoms with Crippen molar-refractivity contribution in [3.63, 3.8) is 0 Å². The van der Waals surface area contributed by atoms with Crippen LogP contribution in [0.25, 0.3) is 0 Å². The fourth-order valence-electron chi connectivity index (χ4n) is 3.27. The lowest BCUT2D eigenvalue weighted by Gasteiger charge is -2.26. The molecule has 1 aliphatic rings. The van der Waals surface area contributed by atoms with E-state index in [1.54, 1.807) is 26.0 Å². The molecule has 3 rings (SSSR count). The minimum absolute atomic E-state index is 0.278. The summed E-state index contributed by atoms with van der Waals surface area (Å²) >= 11 is 1.55. The number of benzene rings is 1. The third kappa shape index (κ3) is 5.57. The van der Waals surface area contributed by atoms with Crippen molar-refractivity contribution in [2.75, 3.05) is 33.6 Å². The van der Waals surface area contributed by atoms with Gasteiger partial charge in [0.1, 0.15) is 11.5 Å². The summed E-state index contributed by atoms with van der Waals surface area (Å²) in [5.41, 5.74) is 2.22. The van der Waals surface area contributed by atoms with E-state index in [1.807, 2.05) is 30.8 Å². The summed E-state index contributed by atoms with van der Waals surface area (Å²) in [7, 11) is 3.36. The normalized spacial score (nSPS) is 16.7. The van der Waals surface area contributed by atoms with E-state index in [9.17, 15) is 0 Å². The minimum Gasteiger partial charge on any atom is -0.497 e. The van der Waals surface area contributed by atoms with Crippen LogP contribution in [0.4, 0.5) is 0 Å². The molecular weight excluding hydrogens is 362 g/mol. The molecule has 0 amide bonds. The maximum absolute atomic E-state index is 5.86. The molecule has 7 heteroatoms. The number of ether oxygens (including phenoxy) is 3. The molecular formula is C20H27N3O3S. The van der Waals surface area contributed by atoms with Gasteiger partial charge in [-0.1, -0.05) is 17.8 Å². The second kappa shape index (κ2) is 9.92. The highest BCUT2D eigenvalue weighted by Gasteiger charge is 2.21. The predicted octanol–water partition coefficient (Wildman–Crippen LogP) is 3.40. The van der Waals surface area contributed by atoms with Gasteiger partial charge in [0.05, 0.1) is 20.3 Å². The quantitative estimate of drug-likeness (QED) is 0.481. The summed E-state index contributed by atoms with van der Waals surface area (Å²) in [6.07, 6.45) is 8.32. The number of thioether (sulfide) groups is 1. The zero-order valence-corrected chi connectivity index (χ0v) is 17.0. The van der Waals surface area contributed by atoms with Crippen molar-refractivity contribution in [2.24, 2.45) is 0 Å². The summed E-state index contributed by atoms with van der Waals surface area (Å²) in [6.45, 7) is 3.26. The summed E-state index contributed by atoms with van der Waals surface area (Å²) in [5.74, 6) is 1.63. The van der Waals surface area contributed by atoms with Crippen LogP contribution >= 0.6 is 11.8 Å². The largest absolute Gasteiger partial charge is 0.497 e. The Morgan fingerprint density at radius 1 is 1.19 bits per heavy atom. The first-order chi connectivity index (χ1) is 13.2. The Balaban J connectivity index is 1.76. The lowest BCUT2D eigenvalue weighted by Crippen LogP contribution is -2.31. The molecule has 1 aromatic heterocycles. The van der Waals surface area contributed by atoms with Gasteiger partial charge in [-0.2, -0.15) is 0 Å². The van der Waals surface area contributed by atoms with Crippen molar-refractivity contribution >= 4 is 11.8 Å². The smallest absolute Gasteiger partial charge is 0.187 e. The molecule has 1 saturated heterocycles. The summed E-state index contributed by atoms with van der Waals surface area (Å²) in [6, 6.07) is 5.96. The topological polar surface area (TPSA) is 56.7 Å². The molecule has 0 bridgehead atoms. The second-order valence-corrected chi connectivity index (χ2v) is 7.33. The second-order valence-electron chi connectivity index (χ2n) is 6.56. The van der Waals surface area contributed by atoms with E-state index in [4.69, 9.17) is 14.2 Å². The van der Waals surface area contributed by atoms with Crippen molar-refractivity contribution in [1.82, 2.24) is 14.9 Å². The number of hydrogen-bond donors (Lipinski definition) is 0. The Morgan fingerprint density at radius 2 is 2.00 bits per heavy atom. The van der Waals surface area contributed by atoms with Gasteiger partial charge >= 0.3 is 0 Å². The van der Waals surface area contributed by atoms with E-state index >= 15 is 0 Å². The van der Waals surface area contributed by atoms with Gasteiger partial charge in [0.15, 0.2) is 5.16 Å². The van der Waals surface area contributed by atoms with Gasteiger partial charge in [-0.15, -0.1) is 0 Å². The van der Waals surface area contributed by atoms with Crippen molar-refractivity contribution < 1.29 is 14.2 Å². The van der Waals surface area contributed by atoms with E-state index in [0.29, 0.717) is 0 Å². The maximum Gasteiger partial charge on any atom is 0.187 e. The van der Waals surface area contributed by atoms with Gasteiger partial charge in [0, 0.05) is 55.8 Å². The molecule has 0 spiro atoms. The third-order valence-electron chi connectivity index (χ3n) is 4.64. The van der Waals surface area contributed by atoms with Gasteiger partial charge in [-0.25, -0.2) is 9.97 Å². The Kier molecular flexibility index (Phi) is 7.32. The SMILES string of the molecule is COc1ccc(CN(Cc2cnc(SC)nc2)C[C@@H]2CCCO2)c(OC)c1. The van der Waals surface area contributed by atoms with Crippen molar-refractivity contribution in [3.05, 3.63) is 41.7 Å². The molecule has 146 valence electrons. The number of methoxy groups -OCH3 is 2. The average Bonchev–Trinajstić information content (AvgIpc) is 3.22. The van der Waals surface area contributed by atoms with E-state index in [2.05, 4.69) is 20.9 Å². The minimum atomic E-state index is 0.278. The number of nitrogens with zero attached hydrogens (tertiary/aromatic N) is 3. The first kappa shape index (κ1) is 19.9. The fraction of sp³-hybridized carbons (Fsp3) is 0.500. The zero-order chi connectivity index (χ0) is 19.1. The zero-order valence-electron chi connectivity index (χ0n) is 16.2. The highest BCUT2D eigenvalue weighted by molar-refractivity contribution is 7.98. The summed E-state index contributed by atoms with van der Waals surface area (Å²) in [5, 5.41) is 0.793. The lowest BCUT2D eigenvalue weighted by molar-refractivity contribution is 0.0675. The number of rotatable bonds is 9. The number of aromatic nitrogens is 2. The molecule has 1 fully saturated rings. The Labute approximate surface area is 165 Å². The van der Waals surface area contributed by atoms with Crippen LogP contribution in [0.1, 0.15) is 24.0 Å². The van der Waals surface area contributed by atoms with Crippen molar-refractivity contribution in [1.29, 1.82) is 0 Å². The molecule has 0 saturated carbocycles. The maximum atomic E-state index is 5.86. The van der Waals surface area contributed by atoms with Gasteiger partial charge in [0.2, 0.25) is 0 Å². The van der Waals surface area contributed by atoms with E-state index in [1.165, 1.54) is 0 Å². The Morgan fingerprint density at radius 3 is 2.63 bits per heavy atom. The summed E-state index contributed by atoms with van der Waals surface area (Å²) in [4.78, 5) is 11.2. The van der Waals surface area contributed by atoms with Gasteiger partial charge < -0.3 is 14.2 Å². The Hall–Kier alpha value is -1.83. The van der Waals surface area contributed by atoms with Crippen molar-refractivity contribution in [3.8, 4) is 11.5 Å². The van der Waals surface area contributed by atoms with Crippen LogP contribution in [0, 0.1) is 0 Å². The lowest BCUT2D eigenvalue weighted by atomic mass is 10.1. The highest BCUT2D eigenvalue weighted by Crippen LogP contribution is 2.27.